The molecule has 0 saturated heterocycles. The van der Waals surface area contributed by atoms with Crippen molar-refractivity contribution in [1.82, 2.24) is 5.32 Å². The van der Waals surface area contributed by atoms with Crippen molar-refractivity contribution < 1.29 is 4.79 Å². The maximum Gasteiger partial charge on any atom is 0.224 e. The zero-order chi connectivity index (χ0) is 12.7. The van der Waals surface area contributed by atoms with Crippen LogP contribution in [0.5, 0.6) is 0 Å². The summed E-state index contributed by atoms with van der Waals surface area (Å²) in [6.07, 6.45) is 3.84. The molecular formula is C15H18BrNO. The van der Waals surface area contributed by atoms with Gasteiger partial charge in [0.05, 0.1) is 6.04 Å². The third-order valence-electron chi connectivity index (χ3n) is 4.44. The summed E-state index contributed by atoms with van der Waals surface area (Å²) >= 11 is 3.42. The number of hydrogen-bond acceptors (Lipinski definition) is 1. The van der Waals surface area contributed by atoms with Gasteiger partial charge in [0.2, 0.25) is 5.91 Å². The first kappa shape index (κ1) is 12.2. The largest absolute Gasteiger partial charge is 0.349 e. The van der Waals surface area contributed by atoms with Crippen molar-refractivity contribution in [3.05, 3.63) is 34.3 Å². The average Bonchev–Trinajstić information content (AvgIpc) is 2.84. The summed E-state index contributed by atoms with van der Waals surface area (Å²) < 4.78 is 1.07. The lowest BCUT2D eigenvalue weighted by molar-refractivity contribution is -0.123. The molecule has 3 rings (SSSR count). The highest BCUT2D eigenvalue weighted by Crippen LogP contribution is 2.57. The van der Waals surface area contributed by atoms with E-state index in [4.69, 9.17) is 0 Å². The van der Waals surface area contributed by atoms with Gasteiger partial charge in [0, 0.05) is 10.4 Å². The zero-order valence-corrected chi connectivity index (χ0v) is 12.1. The number of halogens is 1. The lowest BCUT2D eigenvalue weighted by atomic mass is 10.1. The minimum Gasteiger partial charge on any atom is -0.349 e. The van der Waals surface area contributed by atoms with Crippen molar-refractivity contribution in [3.8, 4) is 0 Å². The summed E-state index contributed by atoms with van der Waals surface area (Å²) in [6.45, 7) is 2.05. The standard InChI is InChI=1S/C15H18BrNO/c1-9(10-5-7-11(16)8-6-10)17-15(18)14-12-3-2-4-13(12)14/h5-9,12-14H,2-4H2,1H3,(H,17,18). The van der Waals surface area contributed by atoms with Crippen LogP contribution in [0, 0.1) is 17.8 Å². The molecule has 2 fully saturated rings. The van der Waals surface area contributed by atoms with Crippen LogP contribution in [0.15, 0.2) is 28.7 Å². The molecule has 2 nitrogen and oxygen atoms in total. The Bertz CT molecular complexity index is 446. The lowest BCUT2D eigenvalue weighted by Crippen LogP contribution is -2.29. The Balaban J connectivity index is 1.59. The summed E-state index contributed by atoms with van der Waals surface area (Å²) in [5.74, 6) is 1.97. The van der Waals surface area contributed by atoms with Gasteiger partial charge in [-0.3, -0.25) is 4.79 Å². The molecule has 3 atom stereocenters. The summed E-state index contributed by atoms with van der Waals surface area (Å²) in [6, 6.07) is 8.26. The second-order valence-corrected chi connectivity index (χ2v) is 6.48. The molecule has 2 saturated carbocycles. The van der Waals surface area contributed by atoms with Crippen LogP contribution in [-0.2, 0) is 4.79 Å². The molecule has 0 spiro atoms. The van der Waals surface area contributed by atoms with Crippen LogP contribution in [-0.4, -0.2) is 5.91 Å². The van der Waals surface area contributed by atoms with E-state index in [2.05, 4.69) is 40.3 Å². The first-order valence-electron chi connectivity index (χ1n) is 6.72. The van der Waals surface area contributed by atoms with Gasteiger partial charge < -0.3 is 5.32 Å². The fraction of sp³-hybridized carbons (Fsp3) is 0.533. The topological polar surface area (TPSA) is 29.1 Å². The zero-order valence-electron chi connectivity index (χ0n) is 10.5. The van der Waals surface area contributed by atoms with E-state index in [1.54, 1.807) is 0 Å². The monoisotopic (exact) mass is 307 g/mol. The fourth-order valence-electron chi connectivity index (χ4n) is 3.35. The van der Waals surface area contributed by atoms with E-state index in [1.165, 1.54) is 19.3 Å². The van der Waals surface area contributed by atoms with Crippen LogP contribution in [0.4, 0.5) is 0 Å². The molecule has 2 aliphatic carbocycles. The number of rotatable bonds is 3. The Morgan fingerprint density at radius 3 is 2.50 bits per heavy atom. The van der Waals surface area contributed by atoms with Crippen LogP contribution in [0.2, 0.25) is 0 Å². The van der Waals surface area contributed by atoms with Crippen molar-refractivity contribution >= 4 is 21.8 Å². The number of carbonyl (C=O) groups excluding carboxylic acids is 1. The Morgan fingerprint density at radius 1 is 1.28 bits per heavy atom. The maximum atomic E-state index is 12.1. The molecule has 0 heterocycles. The van der Waals surface area contributed by atoms with Crippen molar-refractivity contribution in [2.45, 2.75) is 32.2 Å². The molecule has 0 aromatic heterocycles. The number of fused-ring (bicyclic) bond motifs is 1. The number of hydrogen-bond donors (Lipinski definition) is 1. The van der Waals surface area contributed by atoms with E-state index < -0.39 is 0 Å². The Morgan fingerprint density at radius 2 is 1.89 bits per heavy atom. The van der Waals surface area contributed by atoms with E-state index in [1.807, 2.05) is 12.1 Å². The molecule has 1 aromatic rings. The molecule has 0 aliphatic heterocycles. The first-order valence-corrected chi connectivity index (χ1v) is 7.52. The predicted octanol–water partition coefficient (Wildman–Crippen LogP) is 3.67. The van der Waals surface area contributed by atoms with E-state index in [-0.39, 0.29) is 11.9 Å². The summed E-state index contributed by atoms with van der Waals surface area (Å²) in [5, 5.41) is 3.15. The van der Waals surface area contributed by atoms with E-state index in [9.17, 15) is 4.79 Å². The van der Waals surface area contributed by atoms with Gasteiger partial charge in [-0.15, -0.1) is 0 Å². The molecule has 96 valence electrons. The van der Waals surface area contributed by atoms with E-state index >= 15 is 0 Å². The van der Waals surface area contributed by atoms with Gasteiger partial charge in [-0.25, -0.2) is 0 Å². The number of carbonyl (C=O) groups is 1. The normalized spacial score (nSPS) is 30.7. The van der Waals surface area contributed by atoms with Gasteiger partial charge in [-0.05, 0) is 49.3 Å². The molecule has 1 N–H and O–H groups in total. The molecule has 2 aliphatic rings. The molecule has 3 unspecified atom stereocenters. The lowest BCUT2D eigenvalue weighted by Gasteiger charge is -2.15. The van der Waals surface area contributed by atoms with Crippen molar-refractivity contribution in [2.24, 2.45) is 17.8 Å². The van der Waals surface area contributed by atoms with Crippen LogP contribution in [0.1, 0.15) is 37.8 Å². The van der Waals surface area contributed by atoms with Crippen molar-refractivity contribution in [1.29, 1.82) is 0 Å². The second-order valence-electron chi connectivity index (χ2n) is 5.57. The third-order valence-corrected chi connectivity index (χ3v) is 4.97. The van der Waals surface area contributed by atoms with Gasteiger partial charge in [0.15, 0.2) is 0 Å². The van der Waals surface area contributed by atoms with Crippen LogP contribution >= 0.6 is 15.9 Å². The number of amides is 1. The smallest absolute Gasteiger partial charge is 0.224 e. The van der Waals surface area contributed by atoms with Crippen LogP contribution in [0.25, 0.3) is 0 Å². The highest BCUT2D eigenvalue weighted by Gasteiger charge is 2.56. The Labute approximate surface area is 116 Å². The van der Waals surface area contributed by atoms with Gasteiger partial charge in [-0.1, -0.05) is 34.5 Å². The Hall–Kier alpha value is -0.830. The second kappa shape index (κ2) is 4.69. The predicted molar refractivity (Wildman–Crippen MR) is 75.0 cm³/mol. The molecule has 1 aromatic carbocycles. The fourth-order valence-corrected chi connectivity index (χ4v) is 3.62. The maximum absolute atomic E-state index is 12.1. The molecule has 3 heteroatoms. The highest BCUT2D eigenvalue weighted by molar-refractivity contribution is 9.10. The number of nitrogens with one attached hydrogen (secondary N) is 1. The van der Waals surface area contributed by atoms with Crippen LogP contribution in [0.3, 0.4) is 0 Å². The molecular weight excluding hydrogens is 290 g/mol. The summed E-state index contributed by atoms with van der Waals surface area (Å²) in [5.41, 5.74) is 1.16. The minimum absolute atomic E-state index is 0.104. The quantitative estimate of drug-likeness (QED) is 0.907. The summed E-state index contributed by atoms with van der Waals surface area (Å²) in [4.78, 5) is 12.1. The highest BCUT2D eigenvalue weighted by atomic mass is 79.9. The first-order chi connectivity index (χ1) is 8.66. The van der Waals surface area contributed by atoms with Gasteiger partial charge in [0.1, 0.15) is 0 Å². The SMILES string of the molecule is CC(NC(=O)C1C2CCCC21)c1ccc(Br)cc1. The molecule has 1 amide bonds. The molecule has 18 heavy (non-hydrogen) atoms. The summed E-state index contributed by atoms with van der Waals surface area (Å²) in [7, 11) is 0. The third kappa shape index (κ3) is 2.20. The van der Waals surface area contributed by atoms with Gasteiger partial charge in [0.25, 0.3) is 0 Å². The molecule has 0 radical (unpaired) electrons. The van der Waals surface area contributed by atoms with E-state index in [0.29, 0.717) is 17.8 Å². The van der Waals surface area contributed by atoms with E-state index in [0.717, 1.165) is 10.0 Å². The minimum atomic E-state index is 0.104. The van der Waals surface area contributed by atoms with Gasteiger partial charge >= 0.3 is 0 Å². The van der Waals surface area contributed by atoms with Gasteiger partial charge in [-0.2, -0.15) is 0 Å². The Kier molecular flexibility index (Phi) is 3.18. The van der Waals surface area contributed by atoms with Crippen molar-refractivity contribution in [2.75, 3.05) is 0 Å². The van der Waals surface area contributed by atoms with Crippen LogP contribution < -0.4 is 5.32 Å². The molecule has 0 bridgehead atoms. The van der Waals surface area contributed by atoms with Crippen molar-refractivity contribution in [3.63, 3.8) is 0 Å². The number of benzene rings is 1. The average molecular weight is 308 g/mol.